The Morgan fingerprint density at radius 2 is 2.42 bits per heavy atom. The molecule has 1 nitrogen and oxygen atoms in total. The Morgan fingerprint density at radius 1 is 1.67 bits per heavy atom. The van der Waals surface area contributed by atoms with Crippen molar-refractivity contribution in [2.45, 2.75) is 13.3 Å². The quantitative estimate of drug-likeness (QED) is 0.542. The largest absolute Gasteiger partial charge is 0.299 e. The van der Waals surface area contributed by atoms with E-state index in [1.54, 1.807) is 11.3 Å². The standard InChI is InChI=1S/C9H9ClOS/c1-2-7-3-4-9(12-7)8(10)5-6-11/h3-6H,2H2,1H3/b8-5-. The number of aldehydes is 1. The van der Waals surface area contributed by atoms with Crippen molar-refractivity contribution in [2.75, 3.05) is 0 Å². The topological polar surface area (TPSA) is 17.1 Å². The number of hydrogen-bond acceptors (Lipinski definition) is 2. The van der Waals surface area contributed by atoms with Gasteiger partial charge >= 0.3 is 0 Å². The van der Waals surface area contributed by atoms with Crippen molar-refractivity contribution in [2.24, 2.45) is 0 Å². The van der Waals surface area contributed by atoms with Gasteiger partial charge in [0.1, 0.15) is 6.29 Å². The highest BCUT2D eigenvalue weighted by Crippen LogP contribution is 2.26. The van der Waals surface area contributed by atoms with E-state index in [0.717, 1.165) is 11.3 Å². The second kappa shape index (κ2) is 4.43. The number of halogens is 1. The van der Waals surface area contributed by atoms with Crippen LogP contribution in [0.1, 0.15) is 16.7 Å². The summed E-state index contributed by atoms with van der Waals surface area (Å²) in [4.78, 5) is 12.3. The van der Waals surface area contributed by atoms with Crippen LogP contribution in [0.2, 0.25) is 0 Å². The monoisotopic (exact) mass is 200 g/mol. The maximum atomic E-state index is 10.1. The fourth-order valence-electron chi connectivity index (χ4n) is 0.838. The third kappa shape index (κ3) is 2.19. The summed E-state index contributed by atoms with van der Waals surface area (Å²) >= 11 is 7.44. The van der Waals surface area contributed by atoms with Crippen LogP contribution in [0.4, 0.5) is 0 Å². The molecule has 1 rings (SSSR count). The van der Waals surface area contributed by atoms with E-state index in [1.165, 1.54) is 11.0 Å². The zero-order valence-electron chi connectivity index (χ0n) is 6.71. The summed E-state index contributed by atoms with van der Waals surface area (Å²) in [6.07, 6.45) is 3.08. The van der Waals surface area contributed by atoms with E-state index in [2.05, 4.69) is 6.92 Å². The van der Waals surface area contributed by atoms with Crippen molar-refractivity contribution < 1.29 is 4.79 Å². The first-order chi connectivity index (χ1) is 5.77. The summed E-state index contributed by atoms with van der Waals surface area (Å²) in [6.45, 7) is 2.09. The van der Waals surface area contributed by atoms with Crippen LogP contribution in [0.3, 0.4) is 0 Å². The van der Waals surface area contributed by atoms with E-state index in [-0.39, 0.29) is 0 Å². The van der Waals surface area contributed by atoms with Gasteiger partial charge in [-0.1, -0.05) is 18.5 Å². The first kappa shape index (κ1) is 9.49. The summed E-state index contributed by atoms with van der Waals surface area (Å²) in [5.74, 6) is 0. The minimum atomic E-state index is 0.523. The number of carbonyl (C=O) groups is 1. The van der Waals surface area contributed by atoms with Crippen molar-refractivity contribution in [1.29, 1.82) is 0 Å². The lowest BCUT2D eigenvalue weighted by molar-refractivity contribution is -0.104. The van der Waals surface area contributed by atoms with Gasteiger partial charge in [0.2, 0.25) is 0 Å². The normalized spacial score (nSPS) is 11.7. The highest BCUT2D eigenvalue weighted by molar-refractivity contribution is 7.13. The lowest BCUT2D eigenvalue weighted by Gasteiger charge is -1.89. The molecule has 1 aromatic rings. The van der Waals surface area contributed by atoms with Crippen molar-refractivity contribution in [3.8, 4) is 0 Å². The van der Waals surface area contributed by atoms with Gasteiger partial charge < -0.3 is 0 Å². The van der Waals surface area contributed by atoms with Crippen LogP contribution >= 0.6 is 22.9 Å². The molecule has 1 heterocycles. The van der Waals surface area contributed by atoms with Gasteiger partial charge in [-0.05, 0) is 24.6 Å². The predicted molar refractivity (Wildman–Crippen MR) is 53.6 cm³/mol. The van der Waals surface area contributed by atoms with E-state index < -0.39 is 0 Å². The van der Waals surface area contributed by atoms with Crippen LogP contribution in [0.15, 0.2) is 18.2 Å². The molecule has 0 aromatic carbocycles. The zero-order chi connectivity index (χ0) is 8.97. The molecule has 3 heteroatoms. The van der Waals surface area contributed by atoms with E-state index >= 15 is 0 Å². The SMILES string of the molecule is CCc1ccc(/C(Cl)=C/C=O)s1. The maximum absolute atomic E-state index is 10.1. The van der Waals surface area contributed by atoms with Gasteiger partial charge in [0.05, 0.1) is 5.03 Å². The Hall–Kier alpha value is -0.600. The highest BCUT2D eigenvalue weighted by Gasteiger charge is 2.00. The molecule has 0 N–H and O–H groups in total. The van der Waals surface area contributed by atoms with Crippen LogP contribution in [-0.2, 0) is 11.2 Å². The Kier molecular flexibility index (Phi) is 3.50. The molecule has 64 valence electrons. The maximum Gasteiger partial charge on any atom is 0.144 e. The van der Waals surface area contributed by atoms with Gasteiger partial charge in [0.25, 0.3) is 0 Å². The first-order valence-electron chi connectivity index (χ1n) is 3.68. The van der Waals surface area contributed by atoms with E-state index in [0.29, 0.717) is 11.3 Å². The molecule has 0 bridgehead atoms. The van der Waals surface area contributed by atoms with Crippen molar-refractivity contribution in [1.82, 2.24) is 0 Å². The molecule has 12 heavy (non-hydrogen) atoms. The average molecular weight is 201 g/mol. The van der Waals surface area contributed by atoms with Gasteiger partial charge in [-0.25, -0.2) is 0 Å². The number of aryl methyl sites for hydroxylation is 1. The van der Waals surface area contributed by atoms with Crippen molar-refractivity contribution in [3.05, 3.63) is 28.0 Å². The third-order valence-electron chi connectivity index (χ3n) is 1.46. The molecule has 0 radical (unpaired) electrons. The molecule has 0 amide bonds. The molecule has 0 saturated carbocycles. The molecule has 0 atom stereocenters. The minimum Gasteiger partial charge on any atom is -0.299 e. The van der Waals surface area contributed by atoms with E-state index in [4.69, 9.17) is 11.6 Å². The second-order valence-corrected chi connectivity index (χ2v) is 3.85. The number of carbonyl (C=O) groups excluding carboxylic acids is 1. The predicted octanol–water partition coefficient (Wildman–Crippen LogP) is 3.09. The Labute approximate surface area is 80.7 Å². The smallest absolute Gasteiger partial charge is 0.144 e. The Morgan fingerprint density at radius 3 is 2.92 bits per heavy atom. The van der Waals surface area contributed by atoms with Crippen LogP contribution in [0.5, 0.6) is 0 Å². The molecule has 0 fully saturated rings. The zero-order valence-corrected chi connectivity index (χ0v) is 8.28. The Bertz CT molecular complexity index is 301. The summed E-state index contributed by atoms with van der Waals surface area (Å²) in [6, 6.07) is 3.97. The molecular weight excluding hydrogens is 192 g/mol. The lowest BCUT2D eigenvalue weighted by atomic mass is 10.3. The second-order valence-electron chi connectivity index (χ2n) is 2.27. The molecule has 1 aromatic heterocycles. The van der Waals surface area contributed by atoms with Gasteiger partial charge in [0.15, 0.2) is 0 Å². The third-order valence-corrected chi connectivity index (χ3v) is 3.16. The van der Waals surface area contributed by atoms with Gasteiger partial charge in [-0.2, -0.15) is 0 Å². The van der Waals surface area contributed by atoms with Crippen LogP contribution in [0, 0.1) is 0 Å². The molecule has 0 saturated heterocycles. The summed E-state index contributed by atoms with van der Waals surface area (Å²) in [5.41, 5.74) is 0. The summed E-state index contributed by atoms with van der Waals surface area (Å²) < 4.78 is 0. The van der Waals surface area contributed by atoms with Crippen molar-refractivity contribution in [3.63, 3.8) is 0 Å². The molecule has 0 aliphatic rings. The summed E-state index contributed by atoms with van der Waals surface area (Å²) in [5, 5.41) is 0.523. The van der Waals surface area contributed by atoms with Gasteiger partial charge in [-0.15, -0.1) is 11.3 Å². The van der Waals surface area contributed by atoms with Crippen LogP contribution < -0.4 is 0 Å². The van der Waals surface area contributed by atoms with Crippen LogP contribution in [-0.4, -0.2) is 6.29 Å². The minimum absolute atomic E-state index is 0.523. The molecular formula is C9H9ClOS. The van der Waals surface area contributed by atoms with E-state index in [1.807, 2.05) is 12.1 Å². The van der Waals surface area contributed by atoms with Gasteiger partial charge in [-0.3, -0.25) is 4.79 Å². The van der Waals surface area contributed by atoms with E-state index in [9.17, 15) is 4.79 Å². The highest BCUT2D eigenvalue weighted by atomic mass is 35.5. The molecule has 0 spiro atoms. The van der Waals surface area contributed by atoms with Gasteiger partial charge in [0, 0.05) is 9.75 Å². The number of thiophene rings is 1. The molecule has 0 unspecified atom stereocenters. The van der Waals surface area contributed by atoms with Crippen LogP contribution in [0.25, 0.3) is 5.03 Å². The fourth-order valence-corrected chi connectivity index (χ4v) is 1.93. The molecule has 0 aliphatic carbocycles. The fraction of sp³-hybridized carbons (Fsp3) is 0.222. The number of rotatable bonds is 3. The lowest BCUT2D eigenvalue weighted by Crippen LogP contribution is -1.68. The van der Waals surface area contributed by atoms with Crippen molar-refractivity contribution >= 4 is 34.3 Å². The summed E-state index contributed by atoms with van der Waals surface area (Å²) in [7, 11) is 0. The Balaban J connectivity index is 2.88. The number of allylic oxidation sites excluding steroid dienone is 1. The average Bonchev–Trinajstić information content (AvgIpc) is 2.52. The number of hydrogen-bond donors (Lipinski definition) is 0. The first-order valence-corrected chi connectivity index (χ1v) is 4.87. The molecule has 0 aliphatic heterocycles.